The third-order valence-electron chi connectivity index (χ3n) is 6.00. The molecule has 0 aliphatic heterocycles. The maximum Gasteiger partial charge on any atom is 0.261 e. The van der Waals surface area contributed by atoms with Crippen LogP contribution in [0.2, 0.25) is 0 Å². The first-order chi connectivity index (χ1) is 16.7. The lowest BCUT2D eigenvalue weighted by Gasteiger charge is -2.32. The van der Waals surface area contributed by atoms with Gasteiger partial charge in [0.2, 0.25) is 5.91 Å². The molecule has 1 N–H and O–H groups in total. The van der Waals surface area contributed by atoms with Crippen molar-refractivity contribution < 1.29 is 14.3 Å². The van der Waals surface area contributed by atoms with E-state index in [1.807, 2.05) is 107 Å². The van der Waals surface area contributed by atoms with E-state index in [1.54, 1.807) is 4.90 Å². The van der Waals surface area contributed by atoms with E-state index in [4.69, 9.17) is 4.74 Å². The largest absolute Gasteiger partial charge is 0.483 e. The van der Waals surface area contributed by atoms with Gasteiger partial charge in [0.15, 0.2) is 6.61 Å². The van der Waals surface area contributed by atoms with Crippen LogP contribution in [0, 0.1) is 20.8 Å². The zero-order valence-corrected chi connectivity index (χ0v) is 21.4. The van der Waals surface area contributed by atoms with Gasteiger partial charge >= 0.3 is 0 Å². The fourth-order valence-electron chi connectivity index (χ4n) is 3.99. The Hall–Kier alpha value is -3.60. The first kappa shape index (κ1) is 26.0. The molecule has 5 nitrogen and oxygen atoms in total. The monoisotopic (exact) mass is 472 g/mol. The van der Waals surface area contributed by atoms with Crippen LogP contribution in [0.5, 0.6) is 5.75 Å². The lowest BCUT2D eigenvalue weighted by atomic mass is 10.0. The molecule has 0 aliphatic rings. The van der Waals surface area contributed by atoms with Crippen molar-refractivity contribution in [3.8, 4) is 5.75 Å². The van der Waals surface area contributed by atoms with E-state index >= 15 is 0 Å². The predicted molar refractivity (Wildman–Crippen MR) is 140 cm³/mol. The third-order valence-corrected chi connectivity index (χ3v) is 6.00. The Morgan fingerprint density at radius 1 is 0.886 bits per heavy atom. The zero-order valence-electron chi connectivity index (χ0n) is 21.4. The molecular formula is C30H36N2O3. The van der Waals surface area contributed by atoms with Crippen LogP contribution in [-0.4, -0.2) is 35.4 Å². The van der Waals surface area contributed by atoms with Crippen LogP contribution in [0.25, 0.3) is 0 Å². The molecule has 0 saturated carbocycles. The van der Waals surface area contributed by atoms with Crippen molar-refractivity contribution in [2.24, 2.45) is 0 Å². The number of benzene rings is 3. The number of carbonyl (C=O) groups is 2. The molecule has 1 unspecified atom stereocenters. The standard InChI is InChI=1S/C30H36N2O3/c1-21(2)31-30(34)27(18-25-12-7-6-8-13-25)32(19-26-14-10-9-11-23(26)4)29(33)20-35-28-17-22(3)15-16-24(28)5/h6-17,21,27H,18-20H2,1-5H3,(H,31,34). The second-order valence-electron chi connectivity index (χ2n) is 9.37. The highest BCUT2D eigenvalue weighted by Crippen LogP contribution is 2.21. The normalized spacial score (nSPS) is 11.7. The number of ether oxygens (including phenoxy) is 1. The van der Waals surface area contributed by atoms with Gasteiger partial charge in [-0.15, -0.1) is 0 Å². The maximum absolute atomic E-state index is 13.7. The molecule has 5 heteroatoms. The molecule has 3 rings (SSSR count). The zero-order chi connectivity index (χ0) is 25.4. The van der Waals surface area contributed by atoms with Gasteiger partial charge < -0.3 is 15.0 Å². The highest BCUT2D eigenvalue weighted by molar-refractivity contribution is 5.88. The third kappa shape index (κ3) is 7.44. The summed E-state index contributed by atoms with van der Waals surface area (Å²) in [4.78, 5) is 28.7. The number of hydrogen-bond donors (Lipinski definition) is 1. The Balaban J connectivity index is 1.94. The molecule has 0 aliphatic carbocycles. The lowest BCUT2D eigenvalue weighted by molar-refractivity contribution is -0.143. The molecule has 0 spiro atoms. The Morgan fingerprint density at radius 3 is 2.26 bits per heavy atom. The van der Waals surface area contributed by atoms with Crippen LogP contribution in [-0.2, 0) is 22.6 Å². The van der Waals surface area contributed by atoms with Crippen molar-refractivity contribution in [3.63, 3.8) is 0 Å². The van der Waals surface area contributed by atoms with Crippen LogP contribution in [0.1, 0.15) is 41.7 Å². The molecule has 35 heavy (non-hydrogen) atoms. The highest BCUT2D eigenvalue weighted by Gasteiger charge is 2.31. The van der Waals surface area contributed by atoms with Gasteiger partial charge in [-0.3, -0.25) is 9.59 Å². The van der Waals surface area contributed by atoms with Crippen LogP contribution in [0.3, 0.4) is 0 Å². The molecule has 0 fully saturated rings. The molecule has 3 aromatic carbocycles. The number of nitrogens with one attached hydrogen (secondary N) is 1. The van der Waals surface area contributed by atoms with Crippen molar-refractivity contribution in [2.45, 2.75) is 59.7 Å². The van der Waals surface area contributed by atoms with Crippen molar-refractivity contribution in [1.29, 1.82) is 0 Å². The maximum atomic E-state index is 13.7. The average Bonchev–Trinajstić information content (AvgIpc) is 2.83. The van der Waals surface area contributed by atoms with Crippen molar-refractivity contribution in [1.82, 2.24) is 10.2 Å². The van der Waals surface area contributed by atoms with Gasteiger partial charge in [-0.2, -0.15) is 0 Å². The van der Waals surface area contributed by atoms with Crippen molar-refractivity contribution in [2.75, 3.05) is 6.61 Å². The van der Waals surface area contributed by atoms with Gasteiger partial charge in [0.05, 0.1) is 0 Å². The van der Waals surface area contributed by atoms with Gasteiger partial charge in [-0.1, -0.05) is 66.7 Å². The van der Waals surface area contributed by atoms with Gasteiger partial charge in [0.25, 0.3) is 5.91 Å². The van der Waals surface area contributed by atoms with Gasteiger partial charge in [-0.05, 0) is 68.5 Å². The van der Waals surface area contributed by atoms with E-state index in [2.05, 4.69) is 5.32 Å². The Morgan fingerprint density at radius 2 is 1.57 bits per heavy atom. The first-order valence-corrected chi connectivity index (χ1v) is 12.1. The topological polar surface area (TPSA) is 58.6 Å². The highest BCUT2D eigenvalue weighted by atomic mass is 16.5. The number of rotatable bonds is 10. The minimum atomic E-state index is -0.672. The summed E-state index contributed by atoms with van der Waals surface area (Å²) in [6, 6.07) is 23.0. The number of aryl methyl sites for hydroxylation is 3. The van der Waals surface area contributed by atoms with Gasteiger partial charge in [0.1, 0.15) is 11.8 Å². The smallest absolute Gasteiger partial charge is 0.261 e. The van der Waals surface area contributed by atoms with E-state index in [-0.39, 0.29) is 24.5 Å². The molecule has 2 amide bonds. The van der Waals surface area contributed by atoms with E-state index in [1.165, 1.54) is 0 Å². The van der Waals surface area contributed by atoms with E-state index < -0.39 is 6.04 Å². The van der Waals surface area contributed by atoms with Gasteiger partial charge in [-0.25, -0.2) is 0 Å². The first-order valence-electron chi connectivity index (χ1n) is 12.1. The minimum absolute atomic E-state index is 0.0395. The summed E-state index contributed by atoms with van der Waals surface area (Å²) in [6.07, 6.45) is 0.417. The second-order valence-corrected chi connectivity index (χ2v) is 9.37. The van der Waals surface area contributed by atoms with Crippen molar-refractivity contribution >= 4 is 11.8 Å². The molecule has 0 bridgehead atoms. The molecule has 1 atom stereocenters. The van der Waals surface area contributed by atoms with E-state index in [9.17, 15) is 9.59 Å². The number of nitrogens with zero attached hydrogens (tertiary/aromatic N) is 1. The van der Waals surface area contributed by atoms with Crippen LogP contribution in [0.15, 0.2) is 72.8 Å². The number of amides is 2. The van der Waals surface area contributed by atoms with Crippen molar-refractivity contribution in [3.05, 3.63) is 101 Å². The fraction of sp³-hybridized carbons (Fsp3) is 0.333. The van der Waals surface area contributed by atoms with Crippen LogP contribution in [0.4, 0.5) is 0 Å². The Labute approximate surface area is 209 Å². The molecule has 0 radical (unpaired) electrons. The SMILES string of the molecule is Cc1ccc(C)c(OCC(=O)N(Cc2ccccc2C)C(Cc2ccccc2)C(=O)NC(C)C)c1. The number of hydrogen-bond acceptors (Lipinski definition) is 3. The summed E-state index contributed by atoms with van der Waals surface area (Å²) in [5, 5.41) is 3.02. The molecule has 3 aromatic rings. The predicted octanol–water partition coefficient (Wildman–Crippen LogP) is 5.16. The molecule has 0 heterocycles. The number of carbonyl (C=O) groups excluding carboxylic acids is 2. The van der Waals surface area contributed by atoms with Crippen LogP contribution >= 0.6 is 0 Å². The summed E-state index contributed by atoms with van der Waals surface area (Å²) in [7, 11) is 0. The average molecular weight is 473 g/mol. The summed E-state index contributed by atoms with van der Waals surface area (Å²) < 4.78 is 5.97. The quantitative estimate of drug-likeness (QED) is 0.444. The summed E-state index contributed by atoms with van der Waals surface area (Å²) >= 11 is 0. The Bertz CT molecular complexity index is 1140. The summed E-state index contributed by atoms with van der Waals surface area (Å²) in [5.41, 5.74) is 5.10. The fourth-order valence-corrected chi connectivity index (χ4v) is 3.99. The molecule has 0 aromatic heterocycles. The molecule has 184 valence electrons. The lowest BCUT2D eigenvalue weighted by Crippen LogP contribution is -2.53. The second kappa shape index (κ2) is 12.2. The summed E-state index contributed by atoms with van der Waals surface area (Å²) in [5.74, 6) is 0.284. The van der Waals surface area contributed by atoms with Crippen LogP contribution < -0.4 is 10.1 Å². The Kier molecular flexibility index (Phi) is 9.07. The molecule has 0 saturated heterocycles. The molecular weight excluding hydrogens is 436 g/mol. The van der Waals surface area contributed by atoms with E-state index in [0.717, 1.165) is 27.8 Å². The minimum Gasteiger partial charge on any atom is -0.483 e. The van der Waals surface area contributed by atoms with E-state index in [0.29, 0.717) is 18.7 Å². The van der Waals surface area contributed by atoms with Gasteiger partial charge in [0, 0.05) is 19.0 Å². The summed E-state index contributed by atoms with van der Waals surface area (Å²) in [6.45, 7) is 10.00.